The van der Waals surface area contributed by atoms with Gasteiger partial charge in [-0.15, -0.1) is 0 Å². The highest BCUT2D eigenvalue weighted by Gasteiger charge is 2.21. The Kier molecular flexibility index (Phi) is 4.39. The highest BCUT2D eigenvalue weighted by Crippen LogP contribution is 2.17. The summed E-state index contributed by atoms with van der Waals surface area (Å²) < 4.78 is 31.0. The number of hydrogen-bond acceptors (Lipinski definition) is 6. The SMILES string of the molecule is COc1ccc(CN(C)S(=O)(=O)c2cnc(N)nc2)cc1. The van der Waals surface area contributed by atoms with Crippen molar-refractivity contribution in [3.63, 3.8) is 0 Å². The van der Waals surface area contributed by atoms with Crippen LogP contribution < -0.4 is 10.5 Å². The van der Waals surface area contributed by atoms with Crippen LogP contribution >= 0.6 is 0 Å². The van der Waals surface area contributed by atoms with E-state index in [-0.39, 0.29) is 17.4 Å². The van der Waals surface area contributed by atoms with Crippen molar-refractivity contribution < 1.29 is 13.2 Å². The van der Waals surface area contributed by atoms with E-state index in [1.807, 2.05) is 12.1 Å². The molecule has 2 rings (SSSR count). The Bertz CT molecular complexity index is 699. The first-order valence-electron chi connectivity index (χ1n) is 6.10. The van der Waals surface area contributed by atoms with E-state index in [0.29, 0.717) is 0 Å². The Morgan fingerprint density at radius 2 is 1.76 bits per heavy atom. The van der Waals surface area contributed by atoms with E-state index >= 15 is 0 Å². The van der Waals surface area contributed by atoms with Gasteiger partial charge in [-0.2, -0.15) is 4.31 Å². The lowest BCUT2D eigenvalue weighted by Gasteiger charge is -2.17. The average molecular weight is 308 g/mol. The molecule has 2 N–H and O–H groups in total. The largest absolute Gasteiger partial charge is 0.497 e. The highest BCUT2D eigenvalue weighted by atomic mass is 32.2. The molecule has 0 spiro atoms. The molecule has 0 radical (unpaired) electrons. The lowest BCUT2D eigenvalue weighted by molar-refractivity contribution is 0.414. The fraction of sp³-hybridized carbons (Fsp3) is 0.231. The Labute approximate surface area is 123 Å². The zero-order chi connectivity index (χ0) is 15.5. The first-order valence-corrected chi connectivity index (χ1v) is 7.54. The van der Waals surface area contributed by atoms with Crippen molar-refractivity contribution in [2.75, 3.05) is 19.9 Å². The Balaban J connectivity index is 2.17. The van der Waals surface area contributed by atoms with Crippen LogP contribution in [0.3, 0.4) is 0 Å². The normalized spacial score (nSPS) is 11.6. The number of methoxy groups -OCH3 is 1. The Morgan fingerprint density at radius 3 is 2.29 bits per heavy atom. The predicted molar refractivity (Wildman–Crippen MR) is 78.1 cm³/mol. The minimum Gasteiger partial charge on any atom is -0.497 e. The van der Waals surface area contributed by atoms with Gasteiger partial charge in [-0.25, -0.2) is 18.4 Å². The van der Waals surface area contributed by atoms with Gasteiger partial charge in [-0.3, -0.25) is 0 Å². The number of nitrogens with zero attached hydrogens (tertiary/aromatic N) is 3. The lowest BCUT2D eigenvalue weighted by atomic mass is 10.2. The van der Waals surface area contributed by atoms with Crippen LogP contribution in [0.5, 0.6) is 5.75 Å². The van der Waals surface area contributed by atoms with Gasteiger partial charge < -0.3 is 10.5 Å². The second-order valence-electron chi connectivity index (χ2n) is 4.39. The molecule has 0 aliphatic rings. The van der Waals surface area contributed by atoms with Crippen LogP contribution in [-0.4, -0.2) is 36.8 Å². The summed E-state index contributed by atoms with van der Waals surface area (Å²) in [5, 5.41) is 0. The van der Waals surface area contributed by atoms with Crippen molar-refractivity contribution in [1.82, 2.24) is 14.3 Å². The number of ether oxygens (including phenoxy) is 1. The van der Waals surface area contributed by atoms with Crippen LogP contribution in [0.15, 0.2) is 41.6 Å². The summed E-state index contributed by atoms with van der Waals surface area (Å²) in [5.41, 5.74) is 6.20. The van der Waals surface area contributed by atoms with Gasteiger partial charge in [0.05, 0.1) is 19.5 Å². The van der Waals surface area contributed by atoms with Gasteiger partial charge in [-0.05, 0) is 17.7 Å². The lowest BCUT2D eigenvalue weighted by Crippen LogP contribution is -2.26. The van der Waals surface area contributed by atoms with E-state index in [2.05, 4.69) is 9.97 Å². The third-order valence-corrected chi connectivity index (χ3v) is 4.68. The number of nitrogen functional groups attached to an aromatic ring is 1. The van der Waals surface area contributed by atoms with Crippen LogP contribution in [0, 0.1) is 0 Å². The maximum atomic E-state index is 12.4. The zero-order valence-electron chi connectivity index (χ0n) is 11.7. The standard InChI is InChI=1S/C13H16N4O3S/c1-17(9-10-3-5-11(20-2)6-4-10)21(18,19)12-7-15-13(14)16-8-12/h3-8H,9H2,1-2H3,(H2,14,15,16). The van der Waals surface area contributed by atoms with Gasteiger partial charge >= 0.3 is 0 Å². The maximum absolute atomic E-state index is 12.4. The molecule has 0 saturated carbocycles. The Hall–Kier alpha value is -2.19. The Morgan fingerprint density at radius 1 is 1.19 bits per heavy atom. The first kappa shape index (κ1) is 15.2. The van der Waals surface area contributed by atoms with Crippen molar-refractivity contribution in [3.05, 3.63) is 42.2 Å². The van der Waals surface area contributed by atoms with Crippen LogP contribution in [0.25, 0.3) is 0 Å². The number of anilines is 1. The zero-order valence-corrected chi connectivity index (χ0v) is 12.5. The van der Waals surface area contributed by atoms with Crippen LogP contribution in [0.2, 0.25) is 0 Å². The minimum absolute atomic E-state index is 0.00714. The number of benzene rings is 1. The van der Waals surface area contributed by atoms with Crippen molar-refractivity contribution in [1.29, 1.82) is 0 Å². The topological polar surface area (TPSA) is 98.4 Å². The van der Waals surface area contributed by atoms with E-state index in [1.54, 1.807) is 19.2 Å². The second-order valence-corrected chi connectivity index (χ2v) is 6.43. The van der Waals surface area contributed by atoms with Crippen LogP contribution in [-0.2, 0) is 16.6 Å². The van der Waals surface area contributed by atoms with Crippen LogP contribution in [0.1, 0.15) is 5.56 Å². The van der Waals surface area contributed by atoms with Crippen molar-refractivity contribution in [2.24, 2.45) is 0 Å². The molecule has 1 heterocycles. The molecular weight excluding hydrogens is 292 g/mol. The molecule has 0 aliphatic heterocycles. The molecule has 0 bridgehead atoms. The molecular formula is C13H16N4O3S. The number of rotatable bonds is 5. The number of aromatic nitrogens is 2. The van der Waals surface area contributed by atoms with E-state index < -0.39 is 10.0 Å². The smallest absolute Gasteiger partial charge is 0.246 e. The van der Waals surface area contributed by atoms with Crippen molar-refractivity contribution >= 4 is 16.0 Å². The van der Waals surface area contributed by atoms with Gasteiger partial charge in [0.15, 0.2) is 0 Å². The summed E-state index contributed by atoms with van der Waals surface area (Å²) >= 11 is 0. The molecule has 0 amide bonds. The molecule has 1 aromatic heterocycles. The molecule has 0 saturated heterocycles. The summed E-state index contributed by atoms with van der Waals surface area (Å²) in [6.07, 6.45) is 2.39. The molecule has 0 aliphatic carbocycles. The van der Waals surface area contributed by atoms with Gasteiger partial charge in [0.25, 0.3) is 0 Å². The van der Waals surface area contributed by atoms with E-state index in [4.69, 9.17) is 10.5 Å². The summed E-state index contributed by atoms with van der Waals surface area (Å²) in [6.45, 7) is 0.233. The molecule has 21 heavy (non-hydrogen) atoms. The molecule has 7 nitrogen and oxygen atoms in total. The predicted octanol–water partition coefficient (Wildman–Crippen LogP) is 0.888. The molecule has 0 fully saturated rings. The third-order valence-electron chi connectivity index (χ3n) is 2.92. The third kappa shape index (κ3) is 3.47. The minimum atomic E-state index is -3.65. The highest BCUT2D eigenvalue weighted by molar-refractivity contribution is 7.89. The molecule has 0 atom stereocenters. The van der Waals surface area contributed by atoms with Crippen LogP contribution in [0.4, 0.5) is 5.95 Å². The fourth-order valence-electron chi connectivity index (χ4n) is 1.71. The van der Waals surface area contributed by atoms with E-state index in [0.717, 1.165) is 11.3 Å². The van der Waals surface area contributed by atoms with Gasteiger partial charge in [-0.1, -0.05) is 12.1 Å². The van der Waals surface area contributed by atoms with Crippen molar-refractivity contribution in [3.8, 4) is 5.75 Å². The first-order chi connectivity index (χ1) is 9.93. The maximum Gasteiger partial charge on any atom is 0.246 e. The van der Waals surface area contributed by atoms with Crippen molar-refractivity contribution in [2.45, 2.75) is 11.4 Å². The van der Waals surface area contributed by atoms with Gasteiger partial charge in [0, 0.05) is 13.6 Å². The van der Waals surface area contributed by atoms with Gasteiger partial charge in [0.1, 0.15) is 10.6 Å². The molecule has 8 heteroatoms. The average Bonchev–Trinajstić information content (AvgIpc) is 2.48. The fourth-order valence-corrected chi connectivity index (χ4v) is 2.76. The number of hydrogen-bond donors (Lipinski definition) is 1. The summed E-state index contributed by atoms with van der Waals surface area (Å²) in [6, 6.07) is 7.18. The monoisotopic (exact) mass is 308 g/mol. The van der Waals surface area contributed by atoms with E-state index in [9.17, 15) is 8.42 Å². The summed E-state index contributed by atoms with van der Waals surface area (Å²) in [5.74, 6) is 0.753. The second kappa shape index (κ2) is 6.06. The number of nitrogens with two attached hydrogens (primary N) is 1. The summed E-state index contributed by atoms with van der Waals surface area (Å²) in [4.78, 5) is 7.41. The molecule has 2 aromatic rings. The quantitative estimate of drug-likeness (QED) is 0.880. The molecule has 1 aromatic carbocycles. The summed E-state index contributed by atoms with van der Waals surface area (Å²) in [7, 11) is -0.576. The number of sulfonamides is 1. The molecule has 0 unspecified atom stereocenters. The van der Waals surface area contributed by atoms with E-state index in [1.165, 1.54) is 23.7 Å². The van der Waals surface area contributed by atoms with Gasteiger partial charge in [0.2, 0.25) is 16.0 Å². The molecule has 112 valence electrons.